The van der Waals surface area contributed by atoms with Gasteiger partial charge in [0.15, 0.2) is 5.65 Å². The van der Waals surface area contributed by atoms with E-state index >= 15 is 0 Å². The Kier molecular flexibility index (Phi) is 7.78. The summed E-state index contributed by atoms with van der Waals surface area (Å²) in [6, 6.07) is 11.7. The standard InChI is InChI=1S/C35H33F2N9O4/c1-19-41-27-11-21(37)10-24-26-6-5-7-31(42-26)50-22-13-29(35(47)43(2)15-23(48-3)17-44(19)32(24)27)45(16-22)33-25-14-40-46(34(25)39-18-38-33)28-9-8-20(36)12-30(28)49-4/h5-12,14,18,22-23,29H,13,15-17H2,1-4H3/t22-,23+,29-/m0/s1. The largest absolute Gasteiger partial charge is 0.494 e. The molecule has 0 radical (unpaired) electrons. The average Bonchev–Trinajstić information content (AvgIpc) is 3.82. The number of nitrogens with zero attached hydrogens (tertiary/aromatic N) is 9. The van der Waals surface area contributed by atoms with Crippen LogP contribution in [-0.4, -0.2) is 97.7 Å². The molecule has 1 fully saturated rings. The number of pyridine rings is 1. The number of fused-ring (bicyclic) bond motifs is 6. The van der Waals surface area contributed by atoms with Crippen LogP contribution in [-0.2, 0) is 16.1 Å². The second-order valence-corrected chi connectivity index (χ2v) is 12.5. The van der Waals surface area contributed by atoms with E-state index in [1.165, 1.54) is 37.7 Å². The molecule has 3 atom stereocenters. The highest BCUT2D eigenvalue weighted by atomic mass is 19.1. The van der Waals surface area contributed by atoms with E-state index in [-0.39, 0.29) is 18.2 Å². The Hall–Kier alpha value is -5.70. The zero-order valence-electron chi connectivity index (χ0n) is 27.7. The second-order valence-electron chi connectivity index (χ2n) is 12.5. The van der Waals surface area contributed by atoms with Crippen LogP contribution in [0.15, 0.2) is 61.1 Å². The summed E-state index contributed by atoms with van der Waals surface area (Å²) in [5, 5.41) is 5.14. The maximum absolute atomic E-state index is 14.9. The molecule has 2 aliphatic heterocycles. The van der Waals surface area contributed by atoms with Gasteiger partial charge in [0.1, 0.15) is 53.2 Å². The molecule has 256 valence electrons. The van der Waals surface area contributed by atoms with E-state index in [9.17, 15) is 13.6 Å². The monoisotopic (exact) mass is 681 g/mol. The van der Waals surface area contributed by atoms with Gasteiger partial charge in [-0.05, 0) is 31.2 Å². The van der Waals surface area contributed by atoms with Crippen LogP contribution in [0.5, 0.6) is 11.6 Å². The number of benzene rings is 2. The predicted molar refractivity (Wildman–Crippen MR) is 179 cm³/mol. The zero-order chi connectivity index (χ0) is 34.7. The van der Waals surface area contributed by atoms with E-state index in [0.717, 1.165) is 5.52 Å². The number of methoxy groups -OCH3 is 2. The Morgan fingerprint density at radius 1 is 0.980 bits per heavy atom. The molecule has 50 heavy (non-hydrogen) atoms. The van der Waals surface area contributed by atoms with E-state index in [1.807, 2.05) is 28.5 Å². The van der Waals surface area contributed by atoms with Gasteiger partial charge < -0.3 is 28.6 Å². The number of halogens is 2. The molecule has 0 unspecified atom stereocenters. The number of amides is 1. The van der Waals surface area contributed by atoms with Crippen molar-refractivity contribution in [3.05, 3.63) is 78.5 Å². The topological polar surface area (TPSA) is 126 Å². The van der Waals surface area contributed by atoms with Crippen LogP contribution in [0.1, 0.15) is 12.2 Å². The number of hydrogen-bond acceptors (Lipinski definition) is 10. The molecule has 2 aromatic carbocycles. The fraction of sp³-hybridized carbons (Fsp3) is 0.314. The maximum atomic E-state index is 14.9. The molecule has 13 nitrogen and oxygen atoms in total. The minimum Gasteiger partial charge on any atom is -0.494 e. The van der Waals surface area contributed by atoms with Gasteiger partial charge in [-0.2, -0.15) is 5.10 Å². The fourth-order valence-electron chi connectivity index (χ4n) is 7.04. The molecule has 8 rings (SSSR count). The fourth-order valence-corrected chi connectivity index (χ4v) is 7.04. The Morgan fingerprint density at radius 3 is 2.66 bits per heavy atom. The van der Waals surface area contributed by atoms with Crippen molar-refractivity contribution in [1.82, 2.24) is 39.2 Å². The molecule has 1 saturated heterocycles. The number of hydrogen-bond donors (Lipinski definition) is 0. The molecule has 4 aromatic heterocycles. The second kappa shape index (κ2) is 12.3. The third-order valence-electron chi connectivity index (χ3n) is 9.39. The highest BCUT2D eigenvalue weighted by molar-refractivity contribution is 5.93. The molecule has 2 aliphatic rings. The van der Waals surface area contributed by atoms with Crippen LogP contribution in [0, 0.1) is 18.6 Å². The number of aryl methyl sites for hydroxylation is 1. The highest BCUT2D eigenvalue weighted by Crippen LogP contribution is 2.36. The first kappa shape index (κ1) is 31.6. The quantitative estimate of drug-likeness (QED) is 0.266. The normalized spacial score (nSPS) is 19.5. The average molecular weight is 682 g/mol. The molecule has 15 heteroatoms. The van der Waals surface area contributed by atoms with Crippen molar-refractivity contribution < 1.29 is 27.8 Å². The molecule has 0 N–H and O–H groups in total. The first-order valence-electron chi connectivity index (χ1n) is 16.1. The lowest BCUT2D eigenvalue weighted by molar-refractivity contribution is -0.133. The molecule has 4 bridgehead atoms. The zero-order valence-corrected chi connectivity index (χ0v) is 27.7. The first-order valence-corrected chi connectivity index (χ1v) is 16.1. The van der Waals surface area contributed by atoms with Crippen LogP contribution in [0.2, 0.25) is 0 Å². The minimum atomic E-state index is -0.661. The van der Waals surface area contributed by atoms with Gasteiger partial charge in [-0.25, -0.2) is 33.4 Å². The van der Waals surface area contributed by atoms with Crippen LogP contribution >= 0.6 is 0 Å². The van der Waals surface area contributed by atoms with E-state index in [2.05, 4.69) is 20.1 Å². The molecule has 6 heterocycles. The summed E-state index contributed by atoms with van der Waals surface area (Å²) in [7, 11) is 4.81. The number of aromatic nitrogens is 7. The van der Waals surface area contributed by atoms with Crippen LogP contribution in [0.25, 0.3) is 39.0 Å². The molecular weight excluding hydrogens is 648 g/mol. The molecule has 0 saturated carbocycles. The van der Waals surface area contributed by atoms with Crippen molar-refractivity contribution in [1.29, 1.82) is 0 Å². The number of carbonyl (C=O) groups is 1. The van der Waals surface area contributed by atoms with Gasteiger partial charge in [-0.1, -0.05) is 6.07 Å². The van der Waals surface area contributed by atoms with Gasteiger partial charge >= 0.3 is 0 Å². The summed E-state index contributed by atoms with van der Waals surface area (Å²) >= 11 is 0. The molecule has 6 aromatic rings. The van der Waals surface area contributed by atoms with Gasteiger partial charge in [0, 0.05) is 50.9 Å². The summed E-state index contributed by atoms with van der Waals surface area (Å²) in [6.07, 6.45) is 2.50. The maximum Gasteiger partial charge on any atom is 0.245 e. The Labute approximate surface area is 285 Å². The SMILES string of the molecule is COc1cc(F)ccc1-n1ncc2c(N3C[C@@H]4C[C@H]3C(=O)N(C)C[C@@H](OC)Cn3c(C)nc5cc(F)cc(c53)-c3cccc(n3)O4)ncnc21. The Balaban J connectivity index is 1.22. The van der Waals surface area contributed by atoms with Crippen molar-refractivity contribution in [3.63, 3.8) is 0 Å². The first-order chi connectivity index (χ1) is 24.2. The van der Waals surface area contributed by atoms with E-state index in [1.54, 1.807) is 42.1 Å². The number of anilines is 1. The predicted octanol–water partition coefficient (Wildman–Crippen LogP) is 4.34. The molecule has 0 spiro atoms. The number of imidazole rings is 1. The number of carbonyl (C=O) groups excluding carboxylic acids is 1. The number of rotatable bonds is 4. The van der Waals surface area contributed by atoms with Crippen LogP contribution in [0.4, 0.5) is 14.6 Å². The van der Waals surface area contributed by atoms with Crippen molar-refractivity contribution in [2.24, 2.45) is 0 Å². The molecule has 1 amide bonds. The van der Waals surface area contributed by atoms with Gasteiger partial charge in [0.2, 0.25) is 11.8 Å². The lowest BCUT2D eigenvalue weighted by Gasteiger charge is -2.30. The van der Waals surface area contributed by atoms with Crippen molar-refractivity contribution in [2.45, 2.75) is 38.1 Å². The van der Waals surface area contributed by atoms with Crippen molar-refractivity contribution >= 4 is 33.8 Å². The van der Waals surface area contributed by atoms with E-state index in [0.29, 0.717) is 70.5 Å². The Morgan fingerprint density at radius 2 is 1.84 bits per heavy atom. The summed E-state index contributed by atoms with van der Waals surface area (Å²) in [6.45, 7) is 2.80. The van der Waals surface area contributed by atoms with Crippen molar-refractivity contribution in [3.8, 4) is 28.6 Å². The van der Waals surface area contributed by atoms with Gasteiger partial charge in [0.25, 0.3) is 0 Å². The van der Waals surface area contributed by atoms with Crippen molar-refractivity contribution in [2.75, 3.05) is 39.3 Å². The van der Waals surface area contributed by atoms with Gasteiger partial charge in [-0.3, -0.25) is 4.79 Å². The summed E-state index contributed by atoms with van der Waals surface area (Å²) < 4.78 is 50.3. The number of likely N-dealkylation sites (N-methyl/N-ethyl adjacent to an activating group) is 1. The van der Waals surface area contributed by atoms with Gasteiger partial charge in [0.05, 0.1) is 54.6 Å². The highest BCUT2D eigenvalue weighted by Gasteiger charge is 2.42. The van der Waals surface area contributed by atoms with Crippen LogP contribution in [0.3, 0.4) is 0 Å². The van der Waals surface area contributed by atoms with Gasteiger partial charge in [-0.15, -0.1) is 0 Å². The minimum absolute atomic E-state index is 0.149. The summed E-state index contributed by atoms with van der Waals surface area (Å²) in [5.74, 6) is 0.767. The lowest BCUT2D eigenvalue weighted by atomic mass is 10.1. The van der Waals surface area contributed by atoms with E-state index < -0.39 is 29.9 Å². The van der Waals surface area contributed by atoms with Crippen LogP contribution < -0.4 is 14.4 Å². The molecule has 0 aliphatic carbocycles. The summed E-state index contributed by atoms with van der Waals surface area (Å²) in [5.41, 5.74) is 3.27. The van der Waals surface area contributed by atoms with E-state index in [4.69, 9.17) is 19.2 Å². The summed E-state index contributed by atoms with van der Waals surface area (Å²) in [4.78, 5) is 36.5. The molecular formula is C35H33F2N9O4. The smallest absolute Gasteiger partial charge is 0.245 e. The Bertz CT molecular complexity index is 2270. The third kappa shape index (κ3) is 5.33. The lowest BCUT2D eigenvalue weighted by Crippen LogP contribution is -2.47. The third-order valence-corrected chi connectivity index (χ3v) is 9.39. The number of ether oxygens (including phenoxy) is 3.